The van der Waals surface area contributed by atoms with Crippen LogP contribution in [0, 0.1) is 6.92 Å². The van der Waals surface area contributed by atoms with Crippen LogP contribution in [0.15, 0.2) is 24.3 Å². The third-order valence-corrected chi connectivity index (χ3v) is 5.24. The van der Waals surface area contributed by atoms with Gasteiger partial charge in [0, 0.05) is 32.7 Å². The smallest absolute Gasteiger partial charge is 0.245 e. The molecule has 1 unspecified atom stereocenters. The quantitative estimate of drug-likeness (QED) is 0.825. The van der Waals surface area contributed by atoms with Crippen LogP contribution in [0.3, 0.4) is 0 Å². The predicted octanol–water partition coefficient (Wildman–Crippen LogP) is 2.51. The molecule has 5 nitrogen and oxygen atoms in total. The molecule has 0 spiro atoms. The van der Waals surface area contributed by atoms with Crippen LogP contribution in [-0.4, -0.2) is 53.5 Å². The van der Waals surface area contributed by atoms with Gasteiger partial charge in [-0.25, -0.2) is 0 Å². The van der Waals surface area contributed by atoms with Crippen molar-refractivity contribution in [2.24, 2.45) is 0 Å². The number of ether oxygens (including phenoxy) is 1. The lowest BCUT2D eigenvalue weighted by Gasteiger charge is -2.35. The molecule has 0 aliphatic carbocycles. The lowest BCUT2D eigenvalue weighted by molar-refractivity contribution is -0.143. The third-order valence-electron chi connectivity index (χ3n) is 5.24. The number of carbonyl (C=O) groups excluding carboxylic acids is 2. The van der Waals surface area contributed by atoms with Crippen molar-refractivity contribution in [2.45, 2.75) is 58.2 Å². The number of hydrogen-bond acceptors (Lipinski definition) is 3. The molecule has 136 valence electrons. The zero-order valence-corrected chi connectivity index (χ0v) is 15.2. The summed E-state index contributed by atoms with van der Waals surface area (Å²) in [5.74, 6) is 0.191. The van der Waals surface area contributed by atoms with Crippen molar-refractivity contribution in [3.8, 4) is 0 Å². The molecule has 2 fully saturated rings. The Morgan fingerprint density at radius 3 is 2.48 bits per heavy atom. The second-order valence-corrected chi connectivity index (χ2v) is 7.04. The number of amides is 2. The Balaban J connectivity index is 1.63. The highest BCUT2D eigenvalue weighted by Crippen LogP contribution is 2.25. The molecule has 0 bridgehead atoms. The Morgan fingerprint density at radius 1 is 1.16 bits per heavy atom. The molecule has 1 aromatic rings. The zero-order valence-electron chi connectivity index (χ0n) is 15.2. The van der Waals surface area contributed by atoms with E-state index in [4.69, 9.17) is 4.74 Å². The van der Waals surface area contributed by atoms with Crippen LogP contribution in [0.5, 0.6) is 0 Å². The van der Waals surface area contributed by atoms with Gasteiger partial charge >= 0.3 is 0 Å². The number of benzene rings is 1. The van der Waals surface area contributed by atoms with Crippen molar-refractivity contribution in [1.82, 2.24) is 9.80 Å². The maximum absolute atomic E-state index is 13.0. The van der Waals surface area contributed by atoms with Crippen LogP contribution < -0.4 is 0 Å². The minimum Gasteiger partial charge on any atom is -0.378 e. The molecule has 0 aromatic heterocycles. The number of nitrogens with zero attached hydrogens (tertiary/aromatic N) is 2. The van der Waals surface area contributed by atoms with E-state index in [0.29, 0.717) is 19.4 Å². The highest BCUT2D eigenvalue weighted by Gasteiger charge is 2.39. The fourth-order valence-corrected chi connectivity index (χ4v) is 3.77. The van der Waals surface area contributed by atoms with Gasteiger partial charge < -0.3 is 14.5 Å². The van der Waals surface area contributed by atoms with Crippen molar-refractivity contribution in [1.29, 1.82) is 0 Å². The van der Waals surface area contributed by atoms with Gasteiger partial charge in [0.25, 0.3) is 0 Å². The van der Waals surface area contributed by atoms with Gasteiger partial charge in [-0.05, 0) is 38.7 Å². The zero-order chi connectivity index (χ0) is 17.8. The molecule has 2 aliphatic heterocycles. The second-order valence-electron chi connectivity index (χ2n) is 7.04. The van der Waals surface area contributed by atoms with Crippen LogP contribution in [0.25, 0.3) is 0 Å². The van der Waals surface area contributed by atoms with Crippen LogP contribution in [0.2, 0.25) is 0 Å². The Morgan fingerprint density at radius 2 is 1.84 bits per heavy atom. The van der Waals surface area contributed by atoms with Gasteiger partial charge in [0.1, 0.15) is 6.04 Å². The standard InChI is InChI=1S/C20H28N2O3/c1-3-25-17-10-12-21(13-11-17)20(24)18-8-9-19(23)22(18)14-16-6-4-15(2)5-7-16/h4-7,17-18H,3,8-14H2,1-2H3. The van der Waals surface area contributed by atoms with Crippen LogP contribution in [0.4, 0.5) is 0 Å². The fourth-order valence-electron chi connectivity index (χ4n) is 3.77. The molecule has 3 rings (SSSR count). The second kappa shape index (κ2) is 8.00. The average Bonchev–Trinajstić information content (AvgIpc) is 2.98. The monoisotopic (exact) mass is 344 g/mol. The largest absolute Gasteiger partial charge is 0.378 e. The minimum absolute atomic E-state index is 0.0862. The van der Waals surface area contributed by atoms with Crippen LogP contribution in [0.1, 0.15) is 43.7 Å². The number of aryl methyl sites for hydroxylation is 1. The van der Waals surface area contributed by atoms with Gasteiger partial charge in [0.05, 0.1) is 6.10 Å². The van der Waals surface area contributed by atoms with Gasteiger partial charge in [0.2, 0.25) is 11.8 Å². The molecule has 0 N–H and O–H groups in total. The van der Waals surface area contributed by atoms with E-state index in [-0.39, 0.29) is 24.0 Å². The third kappa shape index (κ3) is 4.21. The van der Waals surface area contributed by atoms with Crippen molar-refractivity contribution in [2.75, 3.05) is 19.7 Å². The summed E-state index contributed by atoms with van der Waals surface area (Å²) in [6.07, 6.45) is 3.14. The number of hydrogen-bond donors (Lipinski definition) is 0. The van der Waals surface area contributed by atoms with Gasteiger partial charge in [0.15, 0.2) is 0 Å². The molecule has 2 aliphatic rings. The summed E-state index contributed by atoms with van der Waals surface area (Å²) in [6, 6.07) is 7.86. The molecule has 0 saturated carbocycles. The molecular formula is C20H28N2O3. The van der Waals surface area contributed by atoms with Gasteiger partial charge in [-0.3, -0.25) is 9.59 Å². The predicted molar refractivity (Wildman–Crippen MR) is 96.0 cm³/mol. The maximum atomic E-state index is 13.0. The van der Waals surface area contributed by atoms with Gasteiger partial charge in [-0.1, -0.05) is 29.8 Å². The highest BCUT2D eigenvalue weighted by atomic mass is 16.5. The first-order chi connectivity index (χ1) is 12.1. The van der Waals surface area contributed by atoms with Crippen molar-refractivity contribution in [3.63, 3.8) is 0 Å². The summed E-state index contributed by atoms with van der Waals surface area (Å²) in [6.45, 7) is 6.75. The molecule has 1 atom stereocenters. The number of piperidine rings is 1. The van der Waals surface area contributed by atoms with Crippen LogP contribution in [-0.2, 0) is 20.9 Å². The Bertz CT molecular complexity index is 606. The SMILES string of the molecule is CCOC1CCN(C(=O)C2CCC(=O)N2Cc2ccc(C)cc2)CC1. The minimum atomic E-state index is -0.308. The molecule has 1 aromatic carbocycles. The van der Waals surface area contributed by atoms with Gasteiger partial charge in [-0.2, -0.15) is 0 Å². The number of likely N-dealkylation sites (tertiary alicyclic amines) is 2. The van der Waals surface area contributed by atoms with E-state index in [0.717, 1.165) is 38.1 Å². The molecule has 25 heavy (non-hydrogen) atoms. The van der Waals surface area contributed by atoms with E-state index in [1.807, 2.05) is 43.0 Å². The summed E-state index contributed by atoms with van der Waals surface area (Å²) >= 11 is 0. The molecule has 2 heterocycles. The summed E-state index contributed by atoms with van der Waals surface area (Å²) in [7, 11) is 0. The highest BCUT2D eigenvalue weighted by molar-refractivity contribution is 5.91. The first-order valence-electron chi connectivity index (χ1n) is 9.34. The molecule has 2 amide bonds. The van der Waals surface area contributed by atoms with E-state index >= 15 is 0 Å². The van der Waals surface area contributed by atoms with Crippen molar-refractivity contribution >= 4 is 11.8 Å². The van der Waals surface area contributed by atoms with E-state index < -0.39 is 0 Å². The van der Waals surface area contributed by atoms with E-state index in [9.17, 15) is 9.59 Å². The molecule has 0 radical (unpaired) electrons. The normalized spacial score (nSPS) is 21.8. The fraction of sp³-hybridized carbons (Fsp3) is 0.600. The van der Waals surface area contributed by atoms with E-state index in [1.165, 1.54) is 5.56 Å². The Kier molecular flexibility index (Phi) is 5.74. The summed E-state index contributed by atoms with van der Waals surface area (Å²) in [5.41, 5.74) is 2.27. The summed E-state index contributed by atoms with van der Waals surface area (Å²) in [4.78, 5) is 29.0. The summed E-state index contributed by atoms with van der Waals surface area (Å²) in [5, 5.41) is 0. The molecule has 2 saturated heterocycles. The lowest BCUT2D eigenvalue weighted by Crippen LogP contribution is -2.49. The van der Waals surface area contributed by atoms with E-state index in [1.54, 1.807) is 4.90 Å². The topological polar surface area (TPSA) is 49.9 Å². The Hall–Kier alpha value is -1.88. The molecule has 5 heteroatoms. The summed E-state index contributed by atoms with van der Waals surface area (Å²) < 4.78 is 5.66. The van der Waals surface area contributed by atoms with Crippen molar-refractivity contribution in [3.05, 3.63) is 35.4 Å². The van der Waals surface area contributed by atoms with E-state index in [2.05, 4.69) is 0 Å². The van der Waals surface area contributed by atoms with Gasteiger partial charge in [-0.15, -0.1) is 0 Å². The maximum Gasteiger partial charge on any atom is 0.245 e. The number of rotatable bonds is 5. The average molecular weight is 344 g/mol. The lowest BCUT2D eigenvalue weighted by atomic mass is 10.1. The Labute approximate surface area is 149 Å². The molecular weight excluding hydrogens is 316 g/mol. The number of carbonyl (C=O) groups is 2. The first-order valence-corrected chi connectivity index (χ1v) is 9.34. The van der Waals surface area contributed by atoms with Crippen molar-refractivity contribution < 1.29 is 14.3 Å². The van der Waals surface area contributed by atoms with Crippen LogP contribution >= 0.6 is 0 Å². The first kappa shape index (κ1) is 17.9.